The van der Waals surface area contributed by atoms with Crippen LogP contribution in [0.1, 0.15) is 34.1 Å². The highest BCUT2D eigenvalue weighted by Gasteiger charge is 2.16. The van der Waals surface area contributed by atoms with Gasteiger partial charge in [-0.25, -0.2) is 0 Å². The number of carbonyl (C=O) groups excluding carboxylic acids is 2. The number of nitrogens with two attached hydrogens (primary N) is 1. The van der Waals surface area contributed by atoms with Gasteiger partial charge < -0.3 is 20.5 Å². The van der Waals surface area contributed by atoms with Crippen LogP contribution in [-0.4, -0.2) is 40.4 Å². The summed E-state index contributed by atoms with van der Waals surface area (Å²) in [6, 6.07) is 7.12. The number of anilines is 1. The molecule has 6 nitrogen and oxygen atoms in total. The number of hydrogen-bond donors (Lipinski definition) is 2. The van der Waals surface area contributed by atoms with Crippen LogP contribution in [0, 0.1) is 5.92 Å². The van der Waals surface area contributed by atoms with Crippen molar-refractivity contribution in [2.45, 2.75) is 46.7 Å². The SMILES string of the molecule is CCN(CC)C(=O)Cn1ccc2cc(NC(=O)[C@@H](N)CC(C)C)ccc21. The van der Waals surface area contributed by atoms with E-state index in [1.165, 1.54) is 0 Å². The molecule has 6 heteroatoms. The van der Waals surface area contributed by atoms with Gasteiger partial charge in [-0.1, -0.05) is 13.8 Å². The summed E-state index contributed by atoms with van der Waals surface area (Å²) in [7, 11) is 0. The summed E-state index contributed by atoms with van der Waals surface area (Å²) in [5.74, 6) is 0.300. The summed E-state index contributed by atoms with van der Waals surface area (Å²) in [6.07, 6.45) is 2.56. The number of aromatic nitrogens is 1. The molecule has 0 bridgehead atoms. The topological polar surface area (TPSA) is 80.4 Å². The third-order valence-corrected chi connectivity index (χ3v) is 4.52. The number of nitrogens with zero attached hydrogens (tertiary/aromatic N) is 2. The molecular formula is C20H30N4O2. The lowest BCUT2D eigenvalue weighted by Gasteiger charge is -2.19. The largest absolute Gasteiger partial charge is 0.342 e. The van der Waals surface area contributed by atoms with Gasteiger partial charge in [0.15, 0.2) is 0 Å². The number of benzene rings is 1. The van der Waals surface area contributed by atoms with Gasteiger partial charge in [-0.05, 0) is 50.5 Å². The molecule has 0 saturated heterocycles. The van der Waals surface area contributed by atoms with E-state index < -0.39 is 6.04 Å². The molecule has 0 saturated carbocycles. The van der Waals surface area contributed by atoms with Gasteiger partial charge in [-0.2, -0.15) is 0 Å². The fourth-order valence-electron chi connectivity index (χ4n) is 3.09. The molecule has 0 spiro atoms. The lowest BCUT2D eigenvalue weighted by Crippen LogP contribution is -2.36. The molecule has 26 heavy (non-hydrogen) atoms. The Morgan fingerprint density at radius 3 is 2.50 bits per heavy atom. The van der Waals surface area contributed by atoms with Crippen molar-refractivity contribution in [3.63, 3.8) is 0 Å². The maximum atomic E-state index is 12.3. The molecule has 0 aliphatic heterocycles. The van der Waals surface area contributed by atoms with E-state index in [9.17, 15) is 9.59 Å². The number of rotatable bonds is 8. The van der Waals surface area contributed by atoms with Gasteiger partial charge in [0.2, 0.25) is 11.8 Å². The molecule has 0 aliphatic carbocycles. The summed E-state index contributed by atoms with van der Waals surface area (Å²) >= 11 is 0. The number of amides is 2. The molecule has 0 fully saturated rings. The molecular weight excluding hydrogens is 328 g/mol. The predicted octanol–water partition coefficient (Wildman–Crippen LogP) is 2.82. The molecule has 2 rings (SSSR count). The number of fused-ring (bicyclic) bond motifs is 1. The second-order valence-corrected chi connectivity index (χ2v) is 7.01. The van der Waals surface area contributed by atoms with E-state index in [0.29, 0.717) is 32.0 Å². The summed E-state index contributed by atoms with van der Waals surface area (Å²) in [5.41, 5.74) is 7.62. The van der Waals surface area contributed by atoms with Gasteiger partial charge in [0, 0.05) is 35.9 Å². The Hall–Kier alpha value is -2.34. The molecule has 0 aliphatic rings. The maximum Gasteiger partial charge on any atom is 0.242 e. The van der Waals surface area contributed by atoms with Crippen molar-refractivity contribution >= 4 is 28.4 Å². The van der Waals surface area contributed by atoms with E-state index >= 15 is 0 Å². The van der Waals surface area contributed by atoms with E-state index in [0.717, 1.165) is 16.6 Å². The van der Waals surface area contributed by atoms with Crippen LogP contribution in [0.25, 0.3) is 10.9 Å². The average Bonchev–Trinajstić information content (AvgIpc) is 2.97. The van der Waals surface area contributed by atoms with Crippen LogP contribution < -0.4 is 11.1 Å². The van der Waals surface area contributed by atoms with Crippen molar-refractivity contribution in [1.29, 1.82) is 0 Å². The van der Waals surface area contributed by atoms with Gasteiger partial charge >= 0.3 is 0 Å². The molecule has 1 aromatic carbocycles. The van der Waals surface area contributed by atoms with Gasteiger partial charge in [0.05, 0.1) is 6.04 Å². The lowest BCUT2D eigenvalue weighted by atomic mass is 10.0. The quantitative estimate of drug-likeness (QED) is 0.761. The Bertz CT molecular complexity index is 762. The number of likely N-dealkylation sites (N-methyl/N-ethyl adjacent to an activating group) is 1. The van der Waals surface area contributed by atoms with Crippen LogP contribution in [0.5, 0.6) is 0 Å². The molecule has 0 radical (unpaired) electrons. The van der Waals surface area contributed by atoms with Crippen molar-refractivity contribution in [2.24, 2.45) is 11.7 Å². The summed E-state index contributed by atoms with van der Waals surface area (Å²) in [5, 5.41) is 3.86. The Kier molecular flexibility index (Phi) is 6.80. The van der Waals surface area contributed by atoms with E-state index in [2.05, 4.69) is 5.32 Å². The molecule has 0 unspecified atom stereocenters. The van der Waals surface area contributed by atoms with Crippen LogP contribution in [-0.2, 0) is 16.1 Å². The van der Waals surface area contributed by atoms with Crippen LogP contribution >= 0.6 is 0 Å². The van der Waals surface area contributed by atoms with Crippen molar-refractivity contribution < 1.29 is 9.59 Å². The van der Waals surface area contributed by atoms with Gasteiger partial charge in [0.1, 0.15) is 6.54 Å². The highest BCUT2D eigenvalue weighted by Crippen LogP contribution is 2.21. The zero-order valence-electron chi connectivity index (χ0n) is 16.2. The minimum atomic E-state index is -0.512. The Morgan fingerprint density at radius 2 is 1.88 bits per heavy atom. The third kappa shape index (κ3) is 4.85. The molecule has 142 valence electrons. The number of carbonyl (C=O) groups is 2. The Balaban J connectivity index is 2.11. The van der Waals surface area contributed by atoms with Crippen LogP contribution in [0.3, 0.4) is 0 Å². The average molecular weight is 358 g/mol. The molecule has 1 heterocycles. The maximum absolute atomic E-state index is 12.3. The highest BCUT2D eigenvalue weighted by molar-refractivity contribution is 5.97. The predicted molar refractivity (Wildman–Crippen MR) is 106 cm³/mol. The standard InChI is InChI=1S/C20H30N4O2/c1-5-23(6-2)19(25)13-24-10-9-15-12-16(7-8-18(15)24)22-20(26)17(21)11-14(3)4/h7-10,12,14,17H,5-6,11,13,21H2,1-4H3,(H,22,26)/t17-/m0/s1. The molecule has 1 atom stereocenters. The lowest BCUT2D eigenvalue weighted by molar-refractivity contribution is -0.131. The van der Waals surface area contributed by atoms with Gasteiger partial charge in [0.25, 0.3) is 0 Å². The highest BCUT2D eigenvalue weighted by atomic mass is 16.2. The van der Waals surface area contributed by atoms with Crippen LogP contribution in [0.2, 0.25) is 0 Å². The summed E-state index contributed by atoms with van der Waals surface area (Å²) < 4.78 is 1.94. The van der Waals surface area contributed by atoms with Crippen molar-refractivity contribution in [2.75, 3.05) is 18.4 Å². The fourth-order valence-corrected chi connectivity index (χ4v) is 3.09. The van der Waals surface area contributed by atoms with E-state index in [-0.39, 0.29) is 11.8 Å². The first kappa shape index (κ1) is 20.0. The second kappa shape index (κ2) is 8.85. The van der Waals surface area contributed by atoms with Gasteiger partial charge in [-0.3, -0.25) is 9.59 Å². The first-order chi connectivity index (χ1) is 12.3. The second-order valence-electron chi connectivity index (χ2n) is 7.01. The number of nitrogens with one attached hydrogen (secondary N) is 1. The normalized spacial score (nSPS) is 12.4. The zero-order chi connectivity index (χ0) is 19.3. The van der Waals surface area contributed by atoms with Crippen molar-refractivity contribution in [1.82, 2.24) is 9.47 Å². The minimum Gasteiger partial charge on any atom is -0.342 e. The number of hydrogen-bond acceptors (Lipinski definition) is 3. The molecule has 2 aromatic rings. The monoisotopic (exact) mass is 358 g/mol. The van der Waals surface area contributed by atoms with Crippen LogP contribution in [0.15, 0.2) is 30.5 Å². The Morgan fingerprint density at radius 1 is 1.19 bits per heavy atom. The third-order valence-electron chi connectivity index (χ3n) is 4.52. The first-order valence-corrected chi connectivity index (χ1v) is 9.28. The van der Waals surface area contributed by atoms with Crippen molar-refractivity contribution in [3.8, 4) is 0 Å². The summed E-state index contributed by atoms with van der Waals surface area (Å²) in [4.78, 5) is 26.3. The van der Waals surface area contributed by atoms with E-state index in [1.54, 1.807) is 0 Å². The fraction of sp³-hybridized carbons (Fsp3) is 0.500. The van der Waals surface area contributed by atoms with Crippen molar-refractivity contribution in [3.05, 3.63) is 30.5 Å². The Labute approximate surface area is 155 Å². The van der Waals surface area contributed by atoms with Gasteiger partial charge in [-0.15, -0.1) is 0 Å². The minimum absolute atomic E-state index is 0.101. The zero-order valence-corrected chi connectivity index (χ0v) is 16.2. The van der Waals surface area contributed by atoms with Crippen LogP contribution in [0.4, 0.5) is 5.69 Å². The molecule has 1 aromatic heterocycles. The molecule has 3 N–H and O–H groups in total. The summed E-state index contributed by atoms with van der Waals surface area (Å²) in [6.45, 7) is 9.78. The smallest absolute Gasteiger partial charge is 0.242 e. The van der Waals surface area contributed by atoms with E-state index in [4.69, 9.17) is 5.73 Å². The molecule has 2 amide bonds. The van der Waals surface area contributed by atoms with E-state index in [1.807, 2.05) is 67.6 Å². The first-order valence-electron chi connectivity index (χ1n) is 9.28.